The first-order valence-corrected chi connectivity index (χ1v) is 6.76. The monoisotopic (exact) mass is 262 g/mol. The zero-order chi connectivity index (χ0) is 14.3. The Kier molecular flexibility index (Phi) is 3.67. The Bertz CT molecular complexity index is 440. The Labute approximate surface area is 116 Å². The molecule has 0 amide bonds. The zero-order valence-corrected chi connectivity index (χ0v) is 12.7. The molecule has 3 nitrogen and oxygen atoms in total. The van der Waals surface area contributed by atoms with Gasteiger partial charge in [0, 0.05) is 5.82 Å². The highest BCUT2D eigenvalue weighted by molar-refractivity contribution is 6.47. The maximum absolute atomic E-state index is 6.09. The van der Waals surface area contributed by atoms with Gasteiger partial charge in [-0.3, -0.25) is 0 Å². The third kappa shape index (κ3) is 2.65. The van der Waals surface area contributed by atoms with Gasteiger partial charge in [-0.1, -0.05) is 19.1 Å². The van der Waals surface area contributed by atoms with E-state index in [-0.39, 0.29) is 24.1 Å². The maximum atomic E-state index is 6.09. The molecule has 0 radical (unpaired) electrons. The number of ether oxygens (including phenoxy) is 1. The lowest BCUT2D eigenvalue weighted by atomic mass is 9.69. The Balaban J connectivity index is 2.19. The molecule has 0 spiro atoms. The first-order valence-electron chi connectivity index (χ1n) is 6.76. The number of hydrogen-bond acceptors (Lipinski definition) is 3. The van der Waals surface area contributed by atoms with E-state index in [1.54, 1.807) is 7.11 Å². The number of rotatable bonds is 3. The van der Waals surface area contributed by atoms with Crippen LogP contribution in [0.15, 0.2) is 24.3 Å². The minimum Gasteiger partial charge on any atom is -0.497 e. The van der Waals surface area contributed by atoms with Crippen LogP contribution in [-0.2, 0) is 9.31 Å². The van der Waals surface area contributed by atoms with Gasteiger partial charge >= 0.3 is 7.12 Å². The van der Waals surface area contributed by atoms with E-state index in [0.29, 0.717) is 0 Å². The van der Waals surface area contributed by atoms with Gasteiger partial charge in [0.05, 0.1) is 18.3 Å². The smallest absolute Gasteiger partial charge is 0.465 e. The maximum Gasteiger partial charge on any atom is 0.465 e. The molecule has 0 aromatic heterocycles. The lowest BCUT2D eigenvalue weighted by Gasteiger charge is -2.32. The van der Waals surface area contributed by atoms with Gasteiger partial charge in [0.1, 0.15) is 5.75 Å². The van der Waals surface area contributed by atoms with Crippen LogP contribution in [0.4, 0.5) is 0 Å². The van der Waals surface area contributed by atoms with E-state index >= 15 is 0 Å². The zero-order valence-electron chi connectivity index (χ0n) is 12.7. The lowest BCUT2D eigenvalue weighted by Crippen LogP contribution is -2.41. The van der Waals surface area contributed by atoms with E-state index < -0.39 is 0 Å². The summed E-state index contributed by atoms with van der Waals surface area (Å²) >= 11 is 0. The van der Waals surface area contributed by atoms with Crippen LogP contribution >= 0.6 is 0 Å². The van der Waals surface area contributed by atoms with Gasteiger partial charge in [-0.15, -0.1) is 0 Å². The van der Waals surface area contributed by atoms with Crippen LogP contribution < -0.4 is 4.74 Å². The first kappa shape index (κ1) is 14.4. The van der Waals surface area contributed by atoms with Gasteiger partial charge in [0.15, 0.2) is 0 Å². The molecule has 0 unspecified atom stereocenters. The van der Waals surface area contributed by atoms with E-state index in [4.69, 9.17) is 14.0 Å². The number of benzene rings is 1. The molecule has 1 saturated heterocycles. The van der Waals surface area contributed by atoms with E-state index in [1.807, 2.05) is 18.2 Å². The molecule has 1 heterocycles. The predicted molar refractivity (Wildman–Crippen MR) is 77.5 cm³/mol. The van der Waals surface area contributed by atoms with E-state index in [2.05, 4.69) is 40.7 Å². The van der Waals surface area contributed by atoms with Crippen molar-refractivity contribution >= 4 is 7.12 Å². The van der Waals surface area contributed by atoms with Gasteiger partial charge in [-0.05, 0) is 45.4 Å². The van der Waals surface area contributed by atoms with Crippen molar-refractivity contribution in [2.75, 3.05) is 7.11 Å². The predicted octanol–water partition coefficient (Wildman–Crippen LogP) is 3.43. The van der Waals surface area contributed by atoms with Crippen LogP contribution in [0.3, 0.4) is 0 Å². The van der Waals surface area contributed by atoms with E-state index in [0.717, 1.165) is 11.3 Å². The standard InChI is InChI=1S/C15H23BO3/c1-11(12-8-7-9-13(10-12)17-6)16-18-14(2,3)15(4,5)19-16/h7-11H,1-6H3/t11-/m1/s1. The molecule has 0 saturated carbocycles. The normalized spacial score (nSPS) is 22.3. The number of hydrogen-bond donors (Lipinski definition) is 0. The van der Waals surface area contributed by atoms with Crippen molar-refractivity contribution in [3.8, 4) is 5.75 Å². The lowest BCUT2D eigenvalue weighted by molar-refractivity contribution is 0.00578. The van der Waals surface area contributed by atoms with Crippen LogP contribution in [0, 0.1) is 0 Å². The van der Waals surface area contributed by atoms with Crippen LogP contribution in [-0.4, -0.2) is 25.4 Å². The van der Waals surface area contributed by atoms with Crippen LogP contribution in [0.25, 0.3) is 0 Å². The number of methoxy groups -OCH3 is 1. The minimum atomic E-state index is -0.287. The Morgan fingerprint density at radius 1 is 1.11 bits per heavy atom. The second-order valence-corrected chi connectivity index (χ2v) is 6.19. The molecular weight excluding hydrogens is 239 g/mol. The summed E-state index contributed by atoms with van der Waals surface area (Å²) in [5.74, 6) is 1.03. The van der Waals surface area contributed by atoms with Crippen molar-refractivity contribution in [2.45, 2.75) is 51.6 Å². The summed E-state index contributed by atoms with van der Waals surface area (Å²) in [6.45, 7) is 10.4. The highest BCUT2D eigenvalue weighted by Gasteiger charge is 2.52. The van der Waals surface area contributed by atoms with Gasteiger partial charge in [0.25, 0.3) is 0 Å². The van der Waals surface area contributed by atoms with E-state index in [1.165, 1.54) is 0 Å². The van der Waals surface area contributed by atoms with E-state index in [9.17, 15) is 0 Å². The second kappa shape index (κ2) is 4.84. The summed E-state index contributed by atoms with van der Waals surface area (Å²) in [6.07, 6.45) is 0. The fraction of sp³-hybridized carbons (Fsp3) is 0.600. The molecule has 1 atom stereocenters. The SMILES string of the molecule is COc1cccc([C@@H](C)B2OC(C)(C)C(C)(C)O2)c1. The molecule has 104 valence electrons. The fourth-order valence-corrected chi connectivity index (χ4v) is 2.17. The van der Waals surface area contributed by atoms with Crippen molar-refractivity contribution in [1.29, 1.82) is 0 Å². The third-order valence-corrected chi connectivity index (χ3v) is 4.30. The minimum absolute atomic E-state index is 0.163. The van der Waals surface area contributed by atoms with Gasteiger partial charge in [-0.25, -0.2) is 0 Å². The quantitative estimate of drug-likeness (QED) is 0.781. The Morgan fingerprint density at radius 2 is 1.68 bits per heavy atom. The van der Waals surface area contributed by atoms with Crippen LogP contribution in [0.2, 0.25) is 0 Å². The summed E-state index contributed by atoms with van der Waals surface area (Å²) in [6, 6.07) is 8.06. The van der Waals surface area contributed by atoms with Crippen molar-refractivity contribution in [3.63, 3.8) is 0 Å². The summed E-state index contributed by atoms with van der Waals surface area (Å²) in [5.41, 5.74) is 0.591. The van der Waals surface area contributed by atoms with Crippen molar-refractivity contribution in [3.05, 3.63) is 29.8 Å². The topological polar surface area (TPSA) is 27.7 Å². The molecule has 4 heteroatoms. The van der Waals surface area contributed by atoms with Crippen molar-refractivity contribution in [2.24, 2.45) is 0 Å². The summed E-state index contributed by atoms with van der Waals surface area (Å²) in [5, 5.41) is 0. The van der Waals surface area contributed by atoms with Crippen LogP contribution in [0.1, 0.15) is 46.0 Å². The first-order chi connectivity index (χ1) is 8.77. The molecule has 1 aliphatic heterocycles. The van der Waals surface area contributed by atoms with Gasteiger partial charge < -0.3 is 14.0 Å². The van der Waals surface area contributed by atoms with Crippen molar-refractivity contribution in [1.82, 2.24) is 0 Å². The average molecular weight is 262 g/mol. The molecule has 1 fully saturated rings. The Morgan fingerprint density at radius 3 is 2.21 bits per heavy atom. The second-order valence-electron chi connectivity index (χ2n) is 6.19. The third-order valence-electron chi connectivity index (χ3n) is 4.30. The highest BCUT2D eigenvalue weighted by Crippen LogP contribution is 2.40. The summed E-state index contributed by atoms with van der Waals surface area (Å²) < 4.78 is 17.4. The fourth-order valence-electron chi connectivity index (χ4n) is 2.17. The largest absolute Gasteiger partial charge is 0.497 e. The molecular formula is C15H23BO3. The molecule has 0 N–H and O–H groups in total. The molecule has 1 aromatic carbocycles. The average Bonchev–Trinajstić information content (AvgIpc) is 2.57. The van der Waals surface area contributed by atoms with Crippen LogP contribution in [0.5, 0.6) is 5.75 Å². The van der Waals surface area contributed by atoms with Gasteiger partial charge in [-0.2, -0.15) is 0 Å². The molecule has 1 aliphatic rings. The molecule has 1 aromatic rings. The van der Waals surface area contributed by atoms with Gasteiger partial charge in [0.2, 0.25) is 0 Å². The van der Waals surface area contributed by atoms with Crippen molar-refractivity contribution < 1.29 is 14.0 Å². The Hall–Kier alpha value is -0.995. The molecule has 0 aliphatic carbocycles. The summed E-state index contributed by atoms with van der Waals surface area (Å²) in [7, 11) is 1.45. The summed E-state index contributed by atoms with van der Waals surface area (Å²) in [4.78, 5) is 0. The highest BCUT2D eigenvalue weighted by atomic mass is 16.7. The molecule has 0 bridgehead atoms. The molecule has 2 rings (SSSR count). The molecule has 19 heavy (non-hydrogen) atoms.